The lowest BCUT2D eigenvalue weighted by atomic mass is 10.5. The predicted octanol–water partition coefficient (Wildman–Crippen LogP) is 2.10. The molecule has 0 aromatic rings. The number of carbonyl (C=O) groups is 2. The van der Waals surface area contributed by atoms with Gasteiger partial charge in [0, 0.05) is 0 Å². The highest BCUT2D eigenvalue weighted by Gasteiger charge is 1.89. The fourth-order valence-corrected chi connectivity index (χ4v) is 1.34. The van der Waals surface area contributed by atoms with Crippen molar-refractivity contribution in [1.29, 1.82) is 0 Å². The van der Waals surface area contributed by atoms with Gasteiger partial charge in [-0.25, -0.2) is 0 Å². The summed E-state index contributed by atoms with van der Waals surface area (Å²) in [5.41, 5.74) is 0. The molecule has 0 radical (unpaired) electrons. The van der Waals surface area contributed by atoms with Crippen molar-refractivity contribution in [2.45, 2.75) is 41.5 Å². The van der Waals surface area contributed by atoms with Crippen molar-refractivity contribution in [1.82, 2.24) is 9.80 Å². The number of hydrogen-bond donors (Lipinski definition) is 2. The van der Waals surface area contributed by atoms with Gasteiger partial charge < -0.3 is 20.0 Å². The summed E-state index contributed by atoms with van der Waals surface area (Å²) >= 11 is 0. The molecule has 0 atom stereocenters. The van der Waals surface area contributed by atoms with E-state index in [1.807, 2.05) is 0 Å². The zero-order chi connectivity index (χ0) is 16.8. The molecule has 6 heteroatoms. The van der Waals surface area contributed by atoms with E-state index >= 15 is 0 Å². The summed E-state index contributed by atoms with van der Waals surface area (Å²) in [4.78, 5) is 21.5. The molecule has 2 N–H and O–H groups in total. The van der Waals surface area contributed by atoms with Crippen LogP contribution in [-0.2, 0) is 9.59 Å². The minimum absolute atomic E-state index is 0.250. The summed E-state index contributed by atoms with van der Waals surface area (Å²) in [6.45, 7) is 19.8. The molecular formula is C14H34N2O4. The van der Waals surface area contributed by atoms with Gasteiger partial charge in [-0.3, -0.25) is 9.59 Å². The molecule has 0 aliphatic carbocycles. The van der Waals surface area contributed by atoms with Crippen molar-refractivity contribution in [3.63, 3.8) is 0 Å². The second-order valence-corrected chi connectivity index (χ2v) is 3.45. The zero-order valence-electron chi connectivity index (χ0n) is 14.0. The predicted molar refractivity (Wildman–Crippen MR) is 84.3 cm³/mol. The molecule has 124 valence electrons. The van der Waals surface area contributed by atoms with Crippen LogP contribution >= 0.6 is 0 Å². The van der Waals surface area contributed by atoms with Crippen molar-refractivity contribution in [3.05, 3.63) is 0 Å². The summed E-state index contributed by atoms with van der Waals surface area (Å²) < 4.78 is 0. The summed E-state index contributed by atoms with van der Waals surface area (Å²) in [5, 5.41) is 13.8. The maximum absolute atomic E-state index is 8.36. The van der Waals surface area contributed by atoms with E-state index in [0.29, 0.717) is 0 Å². The summed E-state index contributed by atoms with van der Waals surface area (Å²) in [5.74, 6) is 0. The van der Waals surface area contributed by atoms with Crippen LogP contribution in [0.1, 0.15) is 41.5 Å². The number of hydrogen-bond acceptors (Lipinski definition) is 4. The average Bonchev–Trinajstić information content (AvgIpc) is 2.45. The third-order valence-electron chi connectivity index (χ3n) is 2.68. The topological polar surface area (TPSA) is 81.1 Å². The molecule has 0 rings (SSSR count). The molecule has 0 aromatic heterocycles. The van der Waals surface area contributed by atoms with E-state index in [9.17, 15) is 0 Å². The lowest BCUT2D eigenvalue weighted by molar-refractivity contribution is -0.123. The van der Waals surface area contributed by atoms with Crippen LogP contribution in [0.25, 0.3) is 0 Å². The first-order valence-corrected chi connectivity index (χ1v) is 7.13. The third-order valence-corrected chi connectivity index (χ3v) is 2.68. The smallest absolute Gasteiger partial charge is 0.290 e. The number of rotatable bonds is 6. The van der Waals surface area contributed by atoms with Crippen LogP contribution < -0.4 is 0 Å². The highest BCUT2D eigenvalue weighted by Crippen LogP contribution is 1.82. The highest BCUT2D eigenvalue weighted by atomic mass is 16.3. The number of nitrogens with zero attached hydrogens (tertiary/aromatic N) is 2. The van der Waals surface area contributed by atoms with E-state index in [1.54, 1.807) is 0 Å². The Hall–Kier alpha value is -1.14. The van der Waals surface area contributed by atoms with E-state index in [0.717, 1.165) is 0 Å². The van der Waals surface area contributed by atoms with Gasteiger partial charge in [-0.15, -0.1) is 0 Å². The van der Waals surface area contributed by atoms with Gasteiger partial charge in [-0.2, -0.15) is 0 Å². The fourth-order valence-electron chi connectivity index (χ4n) is 1.34. The Labute approximate surface area is 124 Å². The quantitative estimate of drug-likeness (QED) is 0.730. The molecule has 0 bridgehead atoms. The Bertz CT molecular complexity index is 132. The molecule has 0 fully saturated rings. The van der Waals surface area contributed by atoms with Gasteiger partial charge >= 0.3 is 0 Å². The van der Waals surface area contributed by atoms with Gasteiger partial charge in [0.25, 0.3) is 12.9 Å². The van der Waals surface area contributed by atoms with Crippen LogP contribution in [0.5, 0.6) is 0 Å². The van der Waals surface area contributed by atoms with Crippen LogP contribution in [0.2, 0.25) is 0 Å². The molecule has 6 nitrogen and oxygen atoms in total. The summed E-state index contributed by atoms with van der Waals surface area (Å²) in [6.07, 6.45) is 0. The Morgan fingerprint density at radius 1 is 0.600 bits per heavy atom. The molecule has 0 heterocycles. The van der Waals surface area contributed by atoms with Crippen LogP contribution in [-0.4, -0.2) is 72.2 Å². The van der Waals surface area contributed by atoms with Crippen molar-refractivity contribution in [2.24, 2.45) is 0 Å². The third kappa shape index (κ3) is 36.0. The number of carboxylic acid groups (broad SMARTS) is 2. The van der Waals surface area contributed by atoms with Gasteiger partial charge in [-0.05, 0) is 39.3 Å². The molecule has 0 saturated heterocycles. The molecule has 0 amide bonds. The van der Waals surface area contributed by atoms with Crippen LogP contribution in [0, 0.1) is 0 Å². The van der Waals surface area contributed by atoms with Crippen molar-refractivity contribution < 1.29 is 19.8 Å². The van der Waals surface area contributed by atoms with Gasteiger partial charge in [0.2, 0.25) is 0 Å². The monoisotopic (exact) mass is 294 g/mol. The molecule has 0 spiro atoms. The van der Waals surface area contributed by atoms with E-state index in [2.05, 4.69) is 51.3 Å². The minimum atomic E-state index is -0.250. The summed E-state index contributed by atoms with van der Waals surface area (Å²) in [6, 6.07) is 0. The first-order chi connectivity index (χ1) is 9.52. The molecule has 20 heavy (non-hydrogen) atoms. The normalized spacial score (nSPS) is 8.40. The molecule has 0 aliphatic heterocycles. The van der Waals surface area contributed by atoms with Crippen LogP contribution in [0.3, 0.4) is 0 Å². The Morgan fingerprint density at radius 3 is 0.700 bits per heavy atom. The Kier molecular flexibility index (Phi) is 41.8. The first kappa shape index (κ1) is 27.2. The van der Waals surface area contributed by atoms with E-state index in [4.69, 9.17) is 19.8 Å². The summed E-state index contributed by atoms with van der Waals surface area (Å²) in [7, 11) is 0. The van der Waals surface area contributed by atoms with Gasteiger partial charge in [0.05, 0.1) is 0 Å². The molecule has 0 aliphatic rings. The van der Waals surface area contributed by atoms with Gasteiger partial charge in [-0.1, -0.05) is 41.5 Å². The van der Waals surface area contributed by atoms with Gasteiger partial charge in [0.15, 0.2) is 0 Å². The Morgan fingerprint density at radius 2 is 0.700 bits per heavy atom. The molecular weight excluding hydrogens is 260 g/mol. The molecule has 0 saturated carbocycles. The second-order valence-electron chi connectivity index (χ2n) is 3.45. The van der Waals surface area contributed by atoms with Crippen molar-refractivity contribution >= 4 is 12.9 Å². The fraction of sp³-hybridized carbons (Fsp3) is 0.857. The minimum Gasteiger partial charge on any atom is -0.483 e. The van der Waals surface area contributed by atoms with E-state index in [1.165, 1.54) is 39.3 Å². The van der Waals surface area contributed by atoms with Crippen molar-refractivity contribution in [2.75, 3.05) is 39.3 Å². The zero-order valence-corrected chi connectivity index (χ0v) is 14.0. The van der Waals surface area contributed by atoms with Gasteiger partial charge in [0.1, 0.15) is 0 Å². The maximum atomic E-state index is 8.36. The average molecular weight is 294 g/mol. The standard InChI is InChI=1S/2C6H15N.2CH2O2/c2*1-4-7(5-2)6-3;2*2-1-3/h2*4-6H2,1-3H3;2*1H,(H,2,3). The highest BCUT2D eigenvalue weighted by molar-refractivity contribution is 5.33. The lowest BCUT2D eigenvalue weighted by Gasteiger charge is -2.13. The molecule has 0 unspecified atom stereocenters. The largest absolute Gasteiger partial charge is 0.483 e. The van der Waals surface area contributed by atoms with Crippen molar-refractivity contribution in [3.8, 4) is 0 Å². The molecule has 0 aromatic carbocycles. The lowest BCUT2D eigenvalue weighted by Crippen LogP contribution is -2.21. The second kappa shape index (κ2) is 30.7. The van der Waals surface area contributed by atoms with Crippen LogP contribution in [0.15, 0.2) is 0 Å². The maximum Gasteiger partial charge on any atom is 0.290 e. The van der Waals surface area contributed by atoms with E-state index < -0.39 is 0 Å². The SMILES string of the molecule is CCN(CC)CC.CCN(CC)CC.O=CO.O=CO. The van der Waals surface area contributed by atoms with Crippen LogP contribution in [0.4, 0.5) is 0 Å². The van der Waals surface area contributed by atoms with E-state index in [-0.39, 0.29) is 12.9 Å². The Balaban J connectivity index is -0.0000000927. The first-order valence-electron chi connectivity index (χ1n) is 7.13.